The Hall–Kier alpha value is -0.900. The number of nitrogens with one attached hydrogen (secondary N) is 1. The Morgan fingerprint density at radius 1 is 1.20 bits per heavy atom. The number of benzene rings is 1. The van der Waals surface area contributed by atoms with Crippen molar-refractivity contribution in [3.05, 3.63) is 35.9 Å². The van der Waals surface area contributed by atoms with Crippen LogP contribution in [0.15, 0.2) is 30.3 Å². The van der Waals surface area contributed by atoms with Crippen LogP contribution in [0, 0.1) is 0 Å². The summed E-state index contributed by atoms with van der Waals surface area (Å²) in [4.78, 5) is 4.85. The summed E-state index contributed by atoms with van der Waals surface area (Å²) in [6, 6.07) is 11.9. The molecule has 20 heavy (non-hydrogen) atoms. The first-order chi connectivity index (χ1) is 9.70. The Bertz CT molecular complexity index is 369. The summed E-state index contributed by atoms with van der Waals surface area (Å²) >= 11 is 0. The summed E-state index contributed by atoms with van der Waals surface area (Å²) in [7, 11) is 4.33. The number of likely N-dealkylation sites (N-methyl/N-ethyl adjacent to an activating group) is 1. The van der Waals surface area contributed by atoms with Crippen LogP contribution in [-0.4, -0.2) is 56.1 Å². The van der Waals surface area contributed by atoms with E-state index in [1.165, 1.54) is 38.0 Å². The molecule has 1 aliphatic heterocycles. The topological polar surface area (TPSA) is 18.5 Å². The van der Waals surface area contributed by atoms with Crippen molar-refractivity contribution in [1.82, 2.24) is 15.1 Å². The maximum absolute atomic E-state index is 3.78. The molecule has 3 heteroatoms. The summed E-state index contributed by atoms with van der Waals surface area (Å²) in [5.41, 5.74) is 1.40. The molecule has 1 unspecified atom stereocenters. The Morgan fingerprint density at radius 2 is 1.85 bits per heavy atom. The SMILES string of the molecule is CCN1CCC(NCC(c2ccccc2)N(C)C)CC1. The van der Waals surface area contributed by atoms with Crippen LogP contribution < -0.4 is 5.32 Å². The largest absolute Gasteiger partial charge is 0.312 e. The second-order valence-electron chi connectivity index (χ2n) is 6.01. The van der Waals surface area contributed by atoms with E-state index < -0.39 is 0 Å². The first-order valence-corrected chi connectivity index (χ1v) is 7.87. The zero-order valence-corrected chi connectivity index (χ0v) is 13.2. The Kier molecular flexibility index (Phi) is 6.02. The second kappa shape index (κ2) is 7.77. The highest BCUT2D eigenvalue weighted by Crippen LogP contribution is 2.18. The third-order valence-corrected chi connectivity index (χ3v) is 4.44. The van der Waals surface area contributed by atoms with Crippen molar-refractivity contribution in [1.29, 1.82) is 0 Å². The van der Waals surface area contributed by atoms with Gasteiger partial charge in [0.2, 0.25) is 0 Å². The minimum Gasteiger partial charge on any atom is -0.312 e. The van der Waals surface area contributed by atoms with Crippen LogP contribution in [0.25, 0.3) is 0 Å². The molecule has 1 N–H and O–H groups in total. The Labute approximate surface area is 124 Å². The molecule has 0 saturated carbocycles. The van der Waals surface area contributed by atoms with E-state index in [1.807, 2.05) is 0 Å². The molecule has 1 heterocycles. The summed E-state index contributed by atoms with van der Waals surface area (Å²) in [5, 5.41) is 3.78. The van der Waals surface area contributed by atoms with Gasteiger partial charge in [0, 0.05) is 18.6 Å². The van der Waals surface area contributed by atoms with E-state index in [0.29, 0.717) is 12.1 Å². The molecule has 1 fully saturated rings. The van der Waals surface area contributed by atoms with Gasteiger partial charge in [0.25, 0.3) is 0 Å². The lowest BCUT2D eigenvalue weighted by Gasteiger charge is -2.33. The molecule has 2 rings (SSSR count). The number of piperidine rings is 1. The summed E-state index contributed by atoms with van der Waals surface area (Å²) in [6.07, 6.45) is 2.56. The summed E-state index contributed by atoms with van der Waals surface area (Å²) in [5.74, 6) is 0. The maximum atomic E-state index is 3.78. The smallest absolute Gasteiger partial charge is 0.0466 e. The number of hydrogen-bond acceptors (Lipinski definition) is 3. The predicted octanol–water partition coefficient (Wildman–Crippen LogP) is 2.36. The van der Waals surface area contributed by atoms with Gasteiger partial charge in [-0.05, 0) is 52.1 Å². The van der Waals surface area contributed by atoms with E-state index in [-0.39, 0.29) is 0 Å². The van der Waals surface area contributed by atoms with Crippen molar-refractivity contribution < 1.29 is 0 Å². The molecule has 3 nitrogen and oxygen atoms in total. The van der Waals surface area contributed by atoms with Gasteiger partial charge in [0.1, 0.15) is 0 Å². The standard InChI is InChI=1S/C17H29N3/c1-4-20-12-10-16(11-13-20)18-14-17(19(2)3)15-8-6-5-7-9-15/h5-9,16-18H,4,10-14H2,1-3H3. The molecule has 0 aliphatic carbocycles. The molecule has 1 saturated heterocycles. The lowest BCUT2D eigenvalue weighted by atomic mass is 10.0. The van der Waals surface area contributed by atoms with Gasteiger partial charge < -0.3 is 15.1 Å². The van der Waals surface area contributed by atoms with Crippen molar-refractivity contribution >= 4 is 0 Å². The van der Waals surface area contributed by atoms with Gasteiger partial charge in [0.05, 0.1) is 0 Å². The van der Waals surface area contributed by atoms with E-state index in [1.54, 1.807) is 0 Å². The monoisotopic (exact) mass is 275 g/mol. The highest BCUT2D eigenvalue weighted by molar-refractivity contribution is 5.19. The average molecular weight is 275 g/mol. The van der Waals surface area contributed by atoms with E-state index in [2.05, 4.69) is 66.5 Å². The van der Waals surface area contributed by atoms with Crippen LogP contribution in [0.3, 0.4) is 0 Å². The van der Waals surface area contributed by atoms with Gasteiger partial charge in [-0.3, -0.25) is 0 Å². The first-order valence-electron chi connectivity index (χ1n) is 7.87. The van der Waals surface area contributed by atoms with Crippen LogP contribution in [0.4, 0.5) is 0 Å². The molecule has 112 valence electrons. The fourth-order valence-corrected chi connectivity index (χ4v) is 3.01. The number of rotatable bonds is 6. The normalized spacial score (nSPS) is 19.4. The molecule has 0 bridgehead atoms. The highest BCUT2D eigenvalue weighted by atomic mass is 15.2. The molecular weight excluding hydrogens is 246 g/mol. The van der Waals surface area contributed by atoms with Crippen molar-refractivity contribution in [2.75, 3.05) is 40.3 Å². The quantitative estimate of drug-likeness (QED) is 0.860. The molecule has 0 aromatic heterocycles. The predicted molar refractivity (Wildman–Crippen MR) is 86.0 cm³/mol. The van der Waals surface area contributed by atoms with Crippen LogP contribution in [-0.2, 0) is 0 Å². The Balaban J connectivity index is 1.84. The van der Waals surface area contributed by atoms with Crippen LogP contribution in [0.1, 0.15) is 31.4 Å². The lowest BCUT2D eigenvalue weighted by molar-refractivity contribution is 0.195. The zero-order valence-electron chi connectivity index (χ0n) is 13.2. The Morgan fingerprint density at radius 3 is 2.40 bits per heavy atom. The molecule has 0 radical (unpaired) electrons. The minimum absolute atomic E-state index is 0.459. The van der Waals surface area contributed by atoms with Crippen LogP contribution in [0.2, 0.25) is 0 Å². The first kappa shape index (κ1) is 15.5. The summed E-state index contributed by atoms with van der Waals surface area (Å²) < 4.78 is 0. The molecule has 1 atom stereocenters. The average Bonchev–Trinajstić information content (AvgIpc) is 2.49. The maximum Gasteiger partial charge on any atom is 0.0466 e. The van der Waals surface area contributed by atoms with Crippen LogP contribution in [0.5, 0.6) is 0 Å². The minimum atomic E-state index is 0.459. The second-order valence-corrected chi connectivity index (χ2v) is 6.01. The van der Waals surface area contributed by atoms with Crippen LogP contribution >= 0.6 is 0 Å². The molecule has 1 aliphatic rings. The van der Waals surface area contributed by atoms with Gasteiger partial charge in [-0.1, -0.05) is 37.3 Å². The van der Waals surface area contributed by atoms with Crippen molar-refractivity contribution in [2.24, 2.45) is 0 Å². The van der Waals surface area contributed by atoms with Gasteiger partial charge >= 0.3 is 0 Å². The summed E-state index contributed by atoms with van der Waals surface area (Å²) in [6.45, 7) is 6.97. The lowest BCUT2D eigenvalue weighted by Crippen LogP contribution is -2.44. The van der Waals surface area contributed by atoms with E-state index in [0.717, 1.165) is 6.54 Å². The van der Waals surface area contributed by atoms with E-state index >= 15 is 0 Å². The fourth-order valence-electron chi connectivity index (χ4n) is 3.01. The zero-order chi connectivity index (χ0) is 14.4. The van der Waals surface area contributed by atoms with Gasteiger partial charge in [0.15, 0.2) is 0 Å². The van der Waals surface area contributed by atoms with Gasteiger partial charge in [-0.2, -0.15) is 0 Å². The van der Waals surface area contributed by atoms with Gasteiger partial charge in [-0.25, -0.2) is 0 Å². The van der Waals surface area contributed by atoms with Gasteiger partial charge in [-0.15, -0.1) is 0 Å². The van der Waals surface area contributed by atoms with E-state index in [9.17, 15) is 0 Å². The molecular formula is C17H29N3. The van der Waals surface area contributed by atoms with Crippen molar-refractivity contribution in [2.45, 2.75) is 31.8 Å². The highest BCUT2D eigenvalue weighted by Gasteiger charge is 2.20. The van der Waals surface area contributed by atoms with Crippen molar-refractivity contribution in [3.63, 3.8) is 0 Å². The number of likely N-dealkylation sites (tertiary alicyclic amines) is 1. The molecule has 0 spiro atoms. The number of nitrogens with zero attached hydrogens (tertiary/aromatic N) is 2. The molecule has 1 aromatic rings. The molecule has 0 amide bonds. The molecule has 1 aromatic carbocycles. The number of hydrogen-bond donors (Lipinski definition) is 1. The fraction of sp³-hybridized carbons (Fsp3) is 0.647. The van der Waals surface area contributed by atoms with Crippen molar-refractivity contribution in [3.8, 4) is 0 Å². The van der Waals surface area contributed by atoms with E-state index in [4.69, 9.17) is 0 Å². The third-order valence-electron chi connectivity index (χ3n) is 4.44. The third kappa shape index (κ3) is 4.30.